The van der Waals surface area contributed by atoms with E-state index >= 15 is 0 Å². The molecule has 7 nitrogen and oxygen atoms in total. The highest BCUT2D eigenvalue weighted by molar-refractivity contribution is 6.08. The Morgan fingerprint density at radius 2 is 1.53 bits per heavy atom. The predicted octanol–water partition coefficient (Wildman–Crippen LogP) is 5.51. The van der Waals surface area contributed by atoms with E-state index in [0.29, 0.717) is 50.5 Å². The largest absolute Gasteiger partial charge is 0.466 e. The molecule has 0 saturated heterocycles. The van der Waals surface area contributed by atoms with E-state index in [2.05, 4.69) is 10.6 Å². The summed E-state index contributed by atoms with van der Waals surface area (Å²) in [5, 5.41) is 6.62. The quantitative estimate of drug-likeness (QED) is 0.347. The van der Waals surface area contributed by atoms with Gasteiger partial charge in [0.1, 0.15) is 11.3 Å². The van der Waals surface area contributed by atoms with Crippen molar-refractivity contribution in [2.45, 2.75) is 19.8 Å². The van der Waals surface area contributed by atoms with Crippen LogP contribution < -0.4 is 16.1 Å². The van der Waals surface area contributed by atoms with Crippen molar-refractivity contribution >= 4 is 28.5 Å². The van der Waals surface area contributed by atoms with Gasteiger partial charge in [-0.25, -0.2) is 4.79 Å². The molecule has 1 amide bonds. The molecular formula is C31H26N2O5. The molecule has 1 aliphatic rings. The number of benzene rings is 3. The molecule has 4 aromatic rings. The van der Waals surface area contributed by atoms with E-state index in [1.54, 1.807) is 37.3 Å². The number of amides is 1. The summed E-state index contributed by atoms with van der Waals surface area (Å²) in [7, 11) is 1.32. The predicted molar refractivity (Wildman–Crippen MR) is 146 cm³/mol. The van der Waals surface area contributed by atoms with Crippen LogP contribution in [0.15, 0.2) is 117 Å². The number of allylic oxidation sites excluding steroid dienone is 2. The van der Waals surface area contributed by atoms with Crippen LogP contribution in [0, 0.1) is 0 Å². The van der Waals surface area contributed by atoms with Gasteiger partial charge in [0.2, 0.25) is 0 Å². The second kappa shape index (κ2) is 10.2. The number of fused-ring (bicyclic) bond motifs is 1. The molecule has 0 fully saturated rings. The topological polar surface area (TPSA) is 97.6 Å². The van der Waals surface area contributed by atoms with Crippen LogP contribution in [0.25, 0.3) is 22.3 Å². The Morgan fingerprint density at radius 3 is 2.24 bits per heavy atom. The van der Waals surface area contributed by atoms with E-state index in [0.717, 1.165) is 5.56 Å². The normalized spacial score (nSPS) is 15.3. The number of carbonyl (C=O) groups excluding carboxylic acids is 2. The molecule has 1 unspecified atom stereocenters. The number of hydrogen-bond acceptors (Lipinski definition) is 6. The van der Waals surface area contributed by atoms with Gasteiger partial charge in [-0.05, 0) is 43.7 Å². The van der Waals surface area contributed by atoms with Crippen LogP contribution in [0.5, 0.6) is 0 Å². The number of hydrogen-bond donors (Lipinski definition) is 2. The Bertz CT molecular complexity index is 1660. The average molecular weight is 507 g/mol. The monoisotopic (exact) mass is 506 g/mol. The number of nitrogens with one attached hydrogen (secondary N) is 2. The van der Waals surface area contributed by atoms with Crippen molar-refractivity contribution in [3.8, 4) is 11.3 Å². The van der Waals surface area contributed by atoms with Crippen LogP contribution in [0.1, 0.15) is 25.3 Å². The standard InChI is InChI=1S/C31H26N2O5/c1-18-27(30(35)33-22-9-5-4-6-10-22)29(28(19(2)32-18)31(36)37-3)21-15-13-20(14-16-21)26-17-24(34)23-11-7-8-12-25(23)38-26/h4-17,29,32H,1-3H3,(H,33,35). The Balaban J connectivity index is 1.57. The van der Waals surface area contributed by atoms with Crippen molar-refractivity contribution in [2.24, 2.45) is 0 Å². The summed E-state index contributed by atoms with van der Waals surface area (Å²) in [6.45, 7) is 3.59. The van der Waals surface area contributed by atoms with E-state index < -0.39 is 11.9 Å². The van der Waals surface area contributed by atoms with Gasteiger partial charge < -0.3 is 19.8 Å². The summed E-state index contributed by atoms with van der Waals surface area (Å²) in [6.07, 6.45) is 0. The zero-order valence-electron chi connectivity index (χ0n) is 21.2. The Labute approximate surface area is 219 Å². The van der Waals surface area contributed by atoms with Crippen LogP contribution in [-0.4, -0.2) is 19.0 Å². The lowest BCUT2D eigenvalue weighted by Gasteiger charge is -2.31. The molecule has 2 N–H and O–H groups in total. The van der Waals surface area contributed by atoms with Crippen LogP contribution in [0.4, 0.5) is 5.69 Å². The second-order valence-electron chi connectivity index (χ2n) is 9.04. The average Bonchev–Trinajstić information content (AvgIpc) is 2.93. The third-order valence-corrected chi connectivity index (χ3v) is 6.61. The minimum Gasteiger partial charge on any atom is -0.466 e. The third-order valence-electron chi connectivity index (χ3n) is 6.61. The van der Waals surface area contributed by atoms with E-state index in [9.17, 15) is 14.4 Å². The zero-order valence-corrected chi connectivity index (χ0v) is 21.2. The molecule has 7 heteroatoms. The highest BCUT2D eigenvalue weighted by Crippen LogP contribution is 2.39. The highest BCUT2D eigenvalue weighted by atomic mass is 16.5. The molecule has 5 rings (SSSR count). The van der Waals surface area contributed by atoms with Gasteiger partial charge in [0.25, 0.3) is 5.91 Å². The molecule has 1 atom stereocenters. The van der Waals surface area contributed by atoms with E-state index in [1.807, 2.05) is 55.5 Å². The smallest absolute Gasteiger partial charge is 0.336 e. The van der Waals surface area contributed by atoms with E-state index in [-0.39, 0.29) is 11.3 Å². The van der Waals surface area contributed by atoms with Gasteiger partial charge in [-0.15, -0.1) is 0 Å². The minimum atomic E-state index is -0.676. The van der Waals surface area contributed by atoms with Crippen LogP contribution >= 0.6 is 0 Å². The Morgan fingerprint density at radius 1 is 0.868 bits per heavy atom. The first-order valence-corrected chi connectivity index (χ1v) is 12.1. The lowest BCUT2D eigenvalue weighted by Crippen LogP contribution is -2.33. The fraction of sp³-hybridized carbons (Fsp3) is 0.129. The first-order chi connectivity index (χ1) is 18.4. The summed E-state index contributed by atoms with van der Waals surface area (Å²) in [5.74, 6) is -1.10. The number of rotatable bonds is 5. The van der Waals surface area contributed by atoms with Gasteiger partial charge in [-0.3, -0.25) is 9.59 Å². The van der Waals surface area contributed by atoms with Gasteiger partial charge >= 0.3 is 5.97 Å². The molecule has 0 aliphatic carbocycles. The van der Waals surface area contributed by atoms with Crippen molar-refractivity contribution in [2.75, 3.05) is 12.4 Å². The van der Waals surface area contributed by atoms with Gasteiger partial charge in [-0.2, -0.15) is 0 Å². The summed E-state index contributed by atoms with van der Waals surface area (Å²) >= 11 is 0. The van der Waals surface area contributed by atoms with E-state index in [4.69, 9.17) is 9.15 Å². The third kappa shape index (κ3) is 4.62. The molecule has 3 aromatic carbocycles. The highest BCUT2D eigenvalue weighted by Gasteiger charge is 2.37. The first-order valence-electron chi connectivity index (χ1n) is 12.1. The number of methoxy groups -OCH3 is 1. The van der Waals surface area contributed by atoms with Crippen molar-refractivity contribution in [1.82, 2.24) is 5.32 Å². The van der Waals surface area contributed by atoms with Crippen molar-refractivity contribution in [3.63, 3.8) is 0 Å². The second-order valence-corrected chi connectivity index (χ2v) is 9.04. The van der Waals surface area contributed by atoms with Gasteiger partial charge in [0.15, 0.2) is 5.43 Å². The lowest BCUT2D eigenvalue weighted by molar-refractivity contribution is -0.136. The zero-order chi connectivity index (χ0) is 26.8. The maximum absolute atomic E-state index is 13.5. The summed E-state index contributed by atoms with van der Waals surface area (Å²) < 4.78 is 11.1. The molecule has 0 bridgehead atoms. The van der Waals surface area contributed by atoms with Crippen LogP contribution in [0.2, 0.25) is 0 Å². The molecule has 190 valence electrons. The molecule has 0 spiro atoms. The molecule has 0 saturated carbocycles. The number of ether oxygens (including phenoxy) is 1. The Hall–Kier alpha value is -4.91. The molecule has 0 radical (unpaired) electrons. The van der Waals surface area contributed by atoms with Crippen LogP contribution in [0.3, 0.4) is 0 Å². The van der Waals surface area contributed by atoms with Crippen LogP contribution in [-0.2, 0) is 14.3 Å². The maximum atomic E-state index is 13.5. The first kappa shape index (κ1) is 24.8. The fourth-order valence-corrected chi connectivity index (χ4v) is 4.81. The van der Waals surface area contributed by atoms with Gasteiger partial charge in [-0.1, -0.05) is 54.6 Å². The molecule has 1 aromatic heterocycles. The van der Waals surface area contributed by atoms with Crippen molar-refractivity contribution in [1.29, 1.82) is 0 Å². The number of para-hydroxylation sites is 2. The van der Waals surface area contributed by atoms with E-state index in [1.165, 1.54) is 13.2 Å². The molecule has 1 aliphatic heterocycles. The van der Waals surface area contributed by atoms with Crippen molar-refractivity contribution in [3.05, 3.63) is 123 Å². The number of dihydropyridines is 1. The fourth-order valence-electron chi connectivity index (χ4n) is 4.81. The van der Waals surface area contributed by atoms with Crippen molar-refractivity contribution < 1.29 is 18.7 Å². The maximum Gasteiger partial charge on any atom is 0.336 e. The number of esters is 1. The summed E-state index contributed by atoms with van der Waals surface area (Å²) in [4.78, 5) is 39.1. The minimum absolute atomic E-state index is 0.130. The number of anilines is 1. The molecule has 38 heavy (non-hydrogen) atoms. The number of carbonyl (C=O) groups is 2. The Kier molecular flexibility index (Phi) is 6.66. The SMILES string of the molecule is COC(=O)C1=C(C)NC(C)=C(C(=O)Nc2ccccc2)C1c1ccc(-c2cc(=O)c3ccccc3o2)cc1. The van der Waals surface area contributed by atoms with Gasteiger partial charge in [0.05, 0.1) is 24.0 Å². The lowest BCUT2D eigenvalue weighted by atomic mass is 9.79. The molecule has 2 heterocycles. The van der Waals surface area contributed by atoms with Gasteiger partial charge in [0, 0.05) is 34.3 Å². The molecular weight excluding hydrogens is 480 g/mol. The summed E-state index contributed by atoms with van der Waals surface area (Å²) in [6, 6.07) is 25.0. The summed E-state index contributed by atoms with van der Waals surface area (Å²) in [5.41, 5.74) is 4.43.